The molecule has 3 aromatic heterocycles. The minimum absolute atomic E-state index is 0.394. The van der Waals surface area contributed by atoms with Crippen LogP contribution in [0, 0.1) is 6.92 Å². The lowest BCUT2D eigenvalue weighted by Gasteiger charge is -2.08. The molecule has 8 heteroatoms. The maximum absolute atomic E-state index is 13.3. The Kier molecular flexibility index (Phi) is 5.42. The van der Waals surface area contributed by atoms with Crippen LogP contribution in [-0.2, 0) is 13.0 Å². The van der Waals surface area contributed by atoms with E-state index in [-0.39, 0.29) is 0 Å². The second-order valence-corrected chi connectivity index (χ2v) is 7.75. The van der Waals surface area contributed by atoms with Gasteiger partial charge in [-0.05, 0) is 53.7 Å². The number of hydrogen-bond donors (Lipinski definition) is 1. The molecule has 0 bridgehead atoms. The smallest absolute Gasteiger partial charge is 0.152 e. The van der Waals surface area contributed by atoms with Crippen LogP contribution in [0.1, 0.15) is 29.5 Å². The first-order valence-corrected chi connectivity index (χ1v) is 9.65. The first-order chi connectivity index (χ1) is 11.5. The van der Waals surface area contributed by atoms with Crippen molar-refractivity contribution >= 4 is 50.1 Å². The van der Waals surface area contributed by atoms with Gasteiger partial charge in [-0.25, -0.2) is 13.9 Å². The Hall–Kier alpha value is -1.18. The molecule has 3 rings (SSSR count). The molecule has 24 heavy (non-hydrogen) atoms. The van der Waals surface area contributed by atoms with Crippen LogP contribution in [-0.4, -0.2) is 20.8 Å². The molecule has 0 radical (unpaired) electrons. The second kappa shape index (κ2) is 7.37. The van der Waals surface area contributed by atoms with Gasteiger partial charge in [0, 0.05) is 17.6 Å². The summed E-state index contributed by atoms with van der Waals surface area (Å²) in [6.45, 7) is 4.23. The van der Waals surface area contributed by atoms with Crippen LogP contribution in [0.25, 0.3) is 5.52 Å². The normalized spacial score (nSPS) is 12.7. The van der Waals surface area contributed by atoms with E-state index in [0.29, 0.717) is 24.5 Å². The summed E-state index contributed by atoms with van der Waals surface area (Å²) < 4.78 is 15.9. The zero-order valence-corrected chi connectivity index (χ0v) is 16.5. The Bertz CT molecular complexity index is 848. The van der Waals surface area contributed by atoms with E-state index in [1.165, 1.54) is 0 Å². The predicted octanol–water partition coefficient (Wildman–Crippen LogP) is 5.42. The van der Waals surface area contributed by atoms with E-state index in [1.54, 1.807) is 29.0 Å². The predicted molar refractivity (Wildman–Crippen MR) is 101 cm³/mol. The number of anilines is 1. The standard InChI is InChI=1S/C16H17BrClFN4S/c1-9(19)3-4-11-10(2)15-12(21-8-14-20-5-6-24-14)7-13(18)22-23(15)16(11)17/h5-7,9,21H,3-4,8H2,1-2H3. The number of thiazole rings is 1. The number of halogens is 3. The molecule has 3 heterocycles. The van der Waals surface area contributed by atoms with Gasteiger partial charge >= 0.3 is 0 Å². The van der Waals surface area contributed by atoms with Crippen LogP contribution in [0.3, 0.4) is 0 Å². The topological polar surface area (TPSA) is 42.2 Å². The molecule has 0 fully saturated rings. The zero-order chi connectivity index (χ0) is 17.3. The van der Waals surface area contributed by atoms with E-state index in [2.05, 4.69) is 31.3 Å². The molecule has 4 nitrogen and oxygen atoms in total. The van der Waals surface area contributed by atoms with Crippen molar-refractivity contribution in [1.29, 1.82) is 0 Å². The van der Waals surface area contributed by atoms with Gasteiger partial charge in [-0.3, -0.25) is 0 Å². The van der Waals surface area contributed by atoms with Gasteiger partial charge in [0.15, 0.2) is 5.15 Å². The Morgan fingerprint density at radius 2 is 2.29 bits per heavy atom. The summed E-state index contributed by atoms with van der Waals surface area (Å²) in [6, 6.07) is 1.81. The lowest BCUT2D eigenvalue weighted by molar-refractivity contribution is 0.341. The first-order valence-electron chi connectivity index (χ1n) is 7.60. The number of rotatable bonds is 6. The Morgan fingerprint density at radius 3 is 2.96 bits per heavy atom. The number of nitrogens with one attached hydrogen (secondary N) is 1. The minimum atomic E-state index is -0.835. The fourth-order valence-electron chi connectivity index (χ4n) is 2.68. The molecular formula is C16H17BrClFN4S. The molecule has 0 spiro atoms. The van der Waals surface area contributed by atoms with Gasteiger partial charge in [0.05, 0.1) is 23.9 Å². The second-order valence-electron chi connectivity index (χ2n) is 5.63. The highest BCUT2D eigenvalue weighted by atomic mass is 79.9. The Balaban J connectivity index is 2.00. The number of hydrogen-bond acceptors (Lipinski definition) is 4. The highest BCUT2D eigenvalue weighted by Gasteiger charge is 2.19. The summed E-state index contributed by atoms with van der Waals surface area (Å²) in [6.07, 6.45) is 2.08. The van der Waals surface area contributed by atoms with Gasteiger partial charge in [0.25, 0.3) is 0 Å². The molecule has 3 aromatic rings. The van der Waals surface area contributed by atoms with Gasteiger partial charge in [-0.2, -0.15) is 5.10 Å². The van der Waals surface area contributed by atoms with E-state index in [1.807, 2.05) is 18.4 Å². The maximum atomic E-state index is 13.3. The Morgan fingerprint density at radius 1 is 1.50 bits per heavy atom. The van der Waals surface area contributed by atoms with E-state index in [0.717, 1.165) is 31.9 Å². The minimum Gasteiger partial charge on any atom is -0.377 e. The number of fused-ring (bicyclic) bond motifs is 1. The summed E-state index contributed by atoms with van der Waals surface area (Å²) >= 11 is 11.4. The third kappa shape index (κ3) is 3.58. The van der Waals surface area contributed by atoms with Crippen LogP contribution < -0.4 is 5.32 Å². The highest BCUT2D eigenvalue weighted by molar-refractivity contribution is 9.10. The fraction of sp³-hybridized carbons (Fsp3) is 0.375. The van der Waals surface area contributed by atoms with Crippen molar-refractivity contribution in [3.8, 4) is 0 Å². The molecule has 0 aromatic carbocycles. The third-order valence-corrected chi connectivity index (χ3v) is 5.65. The van der Waals surface area contributed by atoms with Gasteiger partial charge < -0.3 is 5.32 Å². The SMILES string of the molecule is Cc1c(CCC(C)F)c(Br)n2nc(Cl)cc(NCc3nccs3)c12. The van der Waals surface area contributed by atoms with Crippen molar-refractivity contribution in [1.82, 2.24) is 14.6 Å². The van der Waals surface area contributed by atoms with Crippen molar-refractivity contribution in [2.24, 2.45) is 0 Å². The van der Waals surface area contributed by atoms with Crippen molar-refractivity contribution in [2.75, 3.05) is 5.32 Å². The van der Waals surface area contributed by atoms with Crippen LogP contribution in [0.15, 0.2) is 22.2 Å². The summed E-state index contributed by atoms with van der Waals surface area (Å²) in [5.41, 5.74) is 3.98. The first kappa shape index (κ1) is 17.6. The van der Waals surface area contributed by atoms with Crippen LogP contribution in [0.4, 0.5) is 10.1 Å². The summed E-state index contributed by atoms with van der Waals surface area (Å²) in [5.74, 6) is 0. The molecule has 1 atom stereocenters. The molecule has 0 aliphatic carbocycles. The van der Waals surface area contributed by atoms with Crippen LogP contribution in [0.5, 0.6) is 0 Å². The summed E-state index contributed by atoms with van der Waals surface area (Å²) in [7, 11) is 0. The molecular weight excluding hydrogens is 415 g/mol. The maximum Gasteiger partial charge on any atom is 0.152 e. The van der Waals surface area contributed by atoms with Gasteiger partial charge in [-0.1, -0.05) is 11.6 Å². The molecule has 1 unspecified atom stereocenters. The number of nitrogens with zero attached hydrogens (tertiary/aromatic N) is 3. The lowest BCUT2D eigenvalue weighted by atomic mass is 10.1. The van der Waals surface area contributed by atoms with E-state index in [9.17, 15) is 4.39 Å². The third-order valence-electron chi connectivity index (χ3n) is 3.87. The average Bonchev–Trinajstić information content (AvgIpc) is 3.12. The molecule has 128 valence electrons. The number of alkyl halides is 1. The van der Waals surface area contributed by atoms with Crippen molar-refractivity contribution in [3.05, 3.63) is 43.5 Å². The molecule has 0 aliphatic rings. The van der Waals surface area contributed by atoms with Gasteiger partial charge in [0.1, 0.15) is 9.61 Å². The van der Waals surface area contributed by atoms with Crippen LogP contribution in [0.2, 0.25) is 5.15 Å². The molecule has 0 saturated carbocycles. The fourth-order valence-corrected chi connectivity index (χ4v) is 4.18. The van der Waals surface area contributed by atoms with Crippen LogP contribution >= 0.6 is 38.9 Å². The largest absolute Gasteiger partial charge is 0.377 e. The summed E-state index contributed by atoms with van der Waals surface area (Å²) in [5, 5.41) is 11.1. The quantitative estimate of drug-likeness (QED) is 0.567. The number of aryl methyl sites for hydroxylation is 1. The monoisotopic (exact) mass is 430 g/mol. The molecule has 0 aliphatic heterocycles. The van der Waals surface area contributed by atoms with Crippen molar-refractivity contribution in [2.45, 2.75) is 39.4 Å². The van der Waals surface area contributed by atoms with Crippen molar-refractivity contribution in [3.63, 3.8) is 0 Å². The number of aromatic nitrogens is 3. The van der Waals surface area contributed by atoms with Gasteiger partial charge in [0.2, 0.25) is 0 Å². The Labute approximate surface area is 157 Å². The highest BCUT2D eigenvalue weighted by Crippen LogP contribution is 2.34. The molecule has 0 saturated heterocycles. The zero-order valence-electron chi connectivity index (χ0n) is 13.3. The van der Waals surface area contributed by atoms with E-state index >= 15 is 0 Å². The lowest BCUT2D eigenvalue weighted by Crippen LogP contribution is -2.03. The summed E-state index contributed by atoms with van der Waals surface area (Å²) in [4.78, 5) is 4.28. The van der Waals surface area contributed by atoms with Crippen molar-refractivity contribution < 1.29 is 4.39 Å². The molecule has 1 N–H and O–H groups in total. The van der Waals surface area contributed by atoms with E-state index in [4.69, 9.17) is 11.6 Å². The average molecular weight is 432 g/mol. The molecule has 0 amide bonds. The van der Waals surface area contributed by atoms with E-state index < -0.39 is 6.17 Å². The van der Waals surface area contributed by atoms with Gasteiger partial charge in [-0.15, -0.1) is 11.3 Å².